The molecule has 2 heteroatoms. The van der Waals surface area contributed by atoms with Gasteiger partial charge in [-0.25, -0.2) is 0 Å². The lowest BCUT2D eigenvalue weighted by Gasteiger charge is -2.01. The van der Waals surface area contributed by atoms with Gasteiger partial charge in [0.05, 0.1) is 0 Å². The van der Waals surface area contributed by atoms with Crippen molar-refractivity contribution in [3.05, 3.63) is 60.3 Å². The maximum Gasteiger partial charge on any atom is 0.161 e. The zero-order valence-electron chi connectivity index (χ0n) is 11.5. The third-order valence-corrected chi connectivity index (χ3v) is 3.14. The number of aromatic nitrogens is 1. The Morgan fingerprint density at radius 1 is 1.26 bits per heavy atom. The standard InChI is InChI=1S/C17H19NO/c1-3-4-5-6-9-12-18-13-16(14(2)19)15-10-7-8-11-17(15)18/h3-8,10-11,13H,9,12H2,1-2H3/b4-3-,6-5-. The average molecular weight is 253 g/mol. The van der Waals surface area contributed by atoms with Gasteiger partial charge in [-0.1, -0.05) is 42.5 Å². The Morgan fingerprint density at radius 3 is 2.79 bits per heavy atom. The molecule has 2 nitrogen and oxygen atoms in total. The number of fused-ring (bicyclic) bond motifs is 1. The molecule has 2 aromatic rings. The molecule has 0 atom stereocenters. The second-order valence-electron chi connectivity index (χ2n) is 4.55. The summed E-state index contributed by atoms with van der Waals surface area (Å²) in [6, 6.07) is 8.07. The van der Waals surface area contributed by atoms with Gasteiger partial charge in [-0.2, -0.15) is 0 Å². The number of hydrogen-bond acceptors (Lipinski definition) is 1. The molecule has 1 aromatic carbocycles. The summed E-state index contributed by atoms with van der Waals surface area (Å²) in [5.74, 6) is 0.124. The minimum Gasteiger partial charge on any atom is -0.346 e. The monoisotopic (exact) mass is 253 g/mol. The van der Waals surface area contributed by atoms with Crippen LogP contribution in [0.4, 0.5) is 0 Å². The highest BCUT2D eigenvalue weighted by molar-refractivity contribution is 6.06. The summed E-state index contributed by atoms with van der Waals surface area (Å²) in [7, 11) is 0. The summed E-state index contributed by atoms with van der Waals surface area (Å²) >= 11 is 0. The molecule has 0 N–H and O–H groups in total. The van der Waals surface area contributed by atoms with Crippen LogP contribution in [0.25, 0.3) is 10.9 Å². The molecule has 0 unspecified atom stereocenters. The lowest BCUT2D eigenvalue weighted by molar-refractivity contribution is 0.101. The largest absolute Gasteiger partial charge is 0.346 e. The number of allylic oxidation sites excluding steroid dienone is 4. The van der Waals surface area contributed by atoms with E-state index in [4.69, 9.17) is 0 Å². The Balaban J connectivity index is 2.26. The van der Waals surface area contributed by atoms with Gasteiger partial charge in [0.2, 0.25) is 0 Å². The Hall–Kier alpha value is -2.09. The van der Waals surface area contributed by atoms with Crippen LogP contribution in [0.1, 0.15) is 30.6 Å². The fraction of sp³-hybridized carbons (Fsp3) is 0.235. The average Bonchev–Trinajstić information content (AvgIpc) is 2.78. The molecule has 0 spiro atoms. The molecule has 1 aromatic heterocycles. The molecule has 1 heterocycles. The number of carbonyl (C=O) groups is 1. The van der Waals surface area contributed by atoms with Gasteiger partial charge >= 0.3 is 0 Å². The van der Waals surface area contributed by atoms with E-state index in [1.54, 1.807) is 6.92 Å². The van der Waals surface area contributed by atoms with Gasteiger partial charge in [0, 0.05) is 29.2 Å². The van der Waals surface area contributed by atoms with Gasteiger partial charge < -0.3 is 4.57 Å². The third-order valence-electron chi connectivity index (χ3n) is 3.14. The maximum absolute atomic E-state index is 11.7. The Bertz CT molecular complexity index is 632. The number of nitrogens with zero attached hydrogens (tertiary/aromatic N) is 1. The molecule has 0 aliphatic carbocycles. The predicted molar refractivity (Wildman–Crippen MR) is 80.5 cm³/mol. The molecule has 0 bridgehead atoms. The van der Waals surface area contributed by atoms with Crippen molar-refractivity contribution in [3.8, 4) is 0 Å². The van der Waals surface area contributed by atoms with Gasteiger partial charge in [-0.15, -0.1) is 0 Å². The minimum absolute atomic E-state index is 0.124. The van der Waals surface area contributed by atoms with Crippen LogP contribution >= 0.6 is 0 Å². The summed E-state index contributed by atoms with van der Waals surface area (Å²) in [5, 5.41) is 1.05. The highest BCUT2D eigenvalue weighted by atomic mass is 16.1. The fourth-order valence-corrected chi connectivity index (χ4v) is 2.21. The van der Waals surface area contributed by atoms with Crippen LogP contribution in [-0.4, -0.2) is 10.4 Å². The highest BCUT2D eigenvalue weighted by Crippen LogP contribution is 2.22. The quantitative estimate of drug-likeness (QED) is 0.573. The van der Waals surface area contributed by atoms with E-state index in [0.717, 1.165) is 29.4 Å². The van der Waals surface area contributed by atoms with Crippen molar-refractivity contribution in [3.63, 3.8) is 0 Å². The molecule has 2 rings (SSSR count). The summed E-state index contributed by atoms with van der Waals surface area (Å²) in [5.41, 5.74) is 1.94. The van der Waals surface area contributed by atoms with Gasteiger partial charge in [0.1, 0.15) is 0 Å². The molecule has 0 radical (unpaired) electrons. The topological polar surface area (TPSA) is 22.0 Å². The summed E-state index contributed by atoms with van der Waals surface area (Å²) in [6.45, 7) is 4.52. The van der Waals surface area contributed by atoms with Crippen molar-refractivity contribution < 1.29 is 4.79 Å². The number of hydrogen-bond donors (Lipinski definition) is 0. The van der Waals surface area contributed by atoms with Crippen molar-refractivity contribution in [2.24, 2.45) is 0 Å². The number of benzene rings is 1. The van der Waals surface area contributed by atoms with Crippen LogP contribution in [0.2, 0.25) is 0 Å². The number of rotatable bonds is 5. The molecule has 0 fully saturated rings. The summed E-state index contributed by atoms with van der Waals surface area (Å²) in [4.78, 5) is 11.7. The van der Waals surface area contributed by atoms with E-state index >= 15 is 0 Å². The van der Waals surface area contributed by atoms with E-state index in [-0.39, 0.29) is 5.78 Å². The molecule has 0 aliphatic heterocycles. The number of Topliss-reactive ketones (excluding diaryl/α,β-unsaturated/α-hetero) is 1. The second-order valence-corrected chi connectivity index (χ2v) is 4.55. The number of aryl methyl sites for hydroxylation is 1. The lowest BCUT2D eigenvalue weighted by Crippen LogP contribution is -1.95. The van der Waals surface area contributed by atoms with E-state index in [0.29, 0.717) is 0 Å². The van der Waals surface area contributed by atoms with Crippen LogP contribution in [0.5, 0.6) is 0 Å². The summed E-state index contributed by atoms with van der Waals surface area (Å²) in [6.07, 6.45) is 11.2. The van der Waals surface area contributed by atoms with Gasteiger partial charge in [-0.05, 0) is 26.3 Å². The molecular formula is C17H19NO. The zero-order chi connectivity index (χ0) is 13.7. The maximum atomic E-state index is 11.7. The normalized spacial score (nSPS) is 11.9. The SMILES string of the molecule is C/C=C\C=C/CCn1cc(C(C)=O)c2ccccc21. The van der Waals surface area contributed by atoms with E-state index in [2.05, 4.69) is 22.8 Å². The van der Waals surface area contributed by atoms with Crippen molar-refractivity contribution in [1.82, 2.24) is 4.57 Å². The summed E-state index contributed by atoms with van der Waals surface area (Å²) < 4.78 is 2.16. The van der Waals surface area contributed by atoms with E-state index in [9.17, 15) is 4.79 Å². The van der Waals surface area contributed by atoms with Gasteiger partial charge in [0.25, 0.3) is 0 Å². The van der Waals surface area contributed by atoms with Crippen LogP contribution in [0.3, 0.4) is 0 Å². The second kappa shape index (κ2) is 6.19. The number of carbonyl (C=O) groups excluding carboxylic acids is 1. The van der Waals surface area contributed by atoms with E-state index in [1.165, 1.54) is 0 Å². The molecule has 0 saturated heterocycles. The van der Waals surface area contributed by atoms with Gasteiger partial charge in [0.15, 0.2) is 5.78 Å². The first-order valence-electron chi connectivity index (χ1n) is 6.60. The van der Waals surface area contributed by atoms with Crippen LogP contribution < -0.4 is 0 Å². The lowest BCUT2D eigenvalue weighted by atomic mass is 10.1. The van der Waals surface area contributed by atoms with Crippen molar-refractivity contribution in [2.75, 3.05) is 0 Å². The van der Waals surface area contributed by atoms with Crippen LogP contribution in [0.15, 0.2) is 54.8 Å². The first kappa shape index (κ1) is 13.3. The van der Waals surface area contributed by atoms with E-state index in [1.807, 2.05) is 43.5 Å². The smallest absolute Gasteiger partial charge is 0.161 e. The van der Waals surface area contributed by atoms with Crippen molar-refractivity contribution in [2.45, 2.75) is 26.8 Å². The fourth-order valence-electron chi connectivity index (χ4n) is 2.21. The van der Waals surface area contributed by atoms with Crippen LogP contribution in [0, 0.1) is 0 Å². The molecule has 98 valence electrons. The Labute approximate surface area is 114 Å². The predicted octanol–water partition coefficient (Wildman–Crippen LogP) is 4.37. The first-order chi connectivity index (χ1) is 9.24. The molecule has 0 amide bonds. The molecular weight excluding hydrogens is 234 g/mol. The molecule has 0 aliphatic rings. The minimum atomic E-state index is 0.124. The van der Waals surface area contributed by atoms with Crippen molar-refractivity contribution in [1.29, 1.82) is 0 Å². The van der Waals surface area contributed by atoms with Gasteiger partial charge in [-0.3, -0.25) is 4.79 Å². The van der Waals surface area contributed by atoms with Crippen LogP contribution in [-0.2, 0) is 6.54 Å². The Morgan fingerprint density at radius 2 is 2.05 bits per heavy atom. The van der Waals surface area contributed by atoms with Crippen molar-refractivity contribution >= 4 is 16.7 Å². The Kier molecular flexibility index (Phi) is 4.35. The van der Waals surface area contributed by atoms with E-state index < -0.39 is 0 Å². The third kappa shape index (κ3) is 3.02. The number of ketones is 1. The highest BCUT2D eigenvalue weighted by Gasteiger charge is 2.10. The first-order valence-corrected chi connectivity index (χ1v) is 6.60. The zero-order valence-corrected chi connectivity index (χ0v) is 11.5. The molecule has 19 heavy (non-hydrogen) atoms. The number of para-hydroxylation sites is 1. The molecule has 0 saturated carbocycles.